The largest absolute Gasteiger partial charge is 0.382 e. The maximum absolute atomic E-state index is 12.7. The number of carbonyl (C=O) groups is 1. The first kappa shape index (κ1) is 16.7. The molecule has 3 aromatic rings. The molecule has 1 N–H and O–H groups in total. The van der Waals surface area contributed by atoms with E-state index in [-0.39, 0.29) is 5.91 Å². The van der Waals surface area contributed by atoms with Crippen molar-refractivity contribution in [1.82, 2.24) is 19.9 Å². The minimum Gasteiger partial charge on any atom is -0.382 e. The Morgan fingerprint density at radius 3 is 2.54 bits per heavy atom. The number of hydrogen-bond acceptors (Lipinski definition) is 6. The number of aromatic nitrogens is 3. The molecule has 1 amide bonds. The zero-order valence-electron chi connectivity index (χ0n) is 14.2. The summed E-state index contributed by atoms with van der Waals surface area (Å²) in [6.07, 6.45) is 5.21. The molecule has 1 aliphatic heterocycles. The van der Waals surface area contributed by atoms with E-state index in [1.165, 1.54) is 11.3 Å². The Morgan fingerprint density at radius 2 is 1.81 bits per heavy atom. The van der Waals surface area contributed by atoms with Crippen LogP contribution >= 0.6 is 11.3 Å². The summed E-state index contributed by atoms with van der Waals surface area (Å²) in [4.78, 5) is 27.4. The van der Waals surface area contributed by atoms with Crippen molar-refractivity contribution in [3.05, 3.63) is 59.9 Å². The first-order chi connectivity index (χ1) is 12.8. The van der Waals surface area contributed by atoms with Crippen molar-refractivity contribution in [3.63, 3.8) is 0 Å². The van der Waals surface area contributed by atoms with Crippen LogP contribution in [0.15, 0.2) is 54.2 Å². The number of hydrogen-bond donors (Lipinski definition) is 1. The zero-order chi connectivity index (χ0) is 17.8. The predicted octanol–water partition coefficient (Wildman–Crippen LogP) is 3.32. The van der Waals surface area contributed by atoms with Crippen LogP contribution in [-0.2, 0) is 0 Å². The number of anilines is 1. The molecule has 1 fully saturated rings. The minimum absolute atomic E-state index is 0.0124. The molecule has 0 radical (unpaired) electrons. The molecule has 0 unspecified atom stereocenters. The highest BCUT2D eigenvalue weighted by molar-refractivity contribution is 7.13. The predicted molar refractivity (Wildman–Crippen MR) is 102 cm³/mol. The molecule has 2 aromatic heterocycles. The fourth-order valence-electron chi connectivity index (χ4n) is 3.04. The molecule has 1 aliphatic rings. The molecule has 4 rings (SSSR count). The molecular weight excluding hydrogens is 346 g/mol. The standard InChI is InChI=1S/C19H19N5OS/c25-19(16-13-26-18(23-16)17-20-9-4-10-21-17)24-11-7-15(8-12-24)22-14-5-2-1-3-6-14/h1-6,9-10,13,15,22H,7-8,11-12H2. The summed E-state index contributed by atoms with van der Waals surface area (Å²) >= 11 is 1.40. The summed E-state index contributed by atoms with van der Waals surface area (Å²) in [5.41, 5.74) is 1.61. The number of rotatable bonds is 4. The number of para-hydroxylation sites is 1. The molecule has 0 saturated carbocycles. The van der Waals surface area contributed by atoms with Gasteiger partial charge in [-0.05, 0) is 31.0 Å². The second-order valence-electron chi connectivity index (χ2n) is 6.19. The van der Waals surface area contributed by atoms with Crippen molar-refractivity contribution in [2.24, 2.45) is 0 Å². The van der Waals surface area contributed by atoms with Gasteiger partial charge in [-0.3, -0.25) is 4.79 Å². The van der Waals surface area contributed by atoms with Crippen molar-refractivity contribution in [1.29, 1.82) is 0 Å². The van der Waals surface area contributed by atoms with Crippen molar-refractivity contribution < 1.29 is 4.79 Å². The van der Waals surface area contributed by atoms with Gasteiger partial charge in [-0.1, -0.05) is 18.2 Å². The van der Waals surface area contributed by atoms with Crippen LogP contribution < -0.4 is 5.32 Å². The molecule has 1 aromatic carbocycles. The van der Waals surface area contributed by atoms with E-state index in [4.69, 9.17) is 0 Å². The SMILES string of the molecule is O=C(c1csc(-c2ncccn2)n1)N1CCC(Nc2ccccc2)CC1. The maximum atomic E-state index is 12.7. The van der Waals surface area contributed by atoms with Gasteiger partial charge >= 0.3 is 0 Å². The van der Waals surface area contributed by atoms with Crippen LogP contribution in [0.3, 0.4) is 0 Å². The fourth-order valence-corrected chi connectivity index (χ4v) is 3.78. The summed E-state index contributed by atoms with van der Waals surface area (Å²) in [7, 11) is 0. The molecule has 0 atom stereocenters. The van der Waals surface area contributed by atoms with Gasteiger partial charge in [0.25, 0.3) is 5.91 Å². The Bertz CT molecular complexity index is 860. The first-order valence-electron chi connectivity index (χ1n) is 8.63. The van der Waals surface area contributed by atoms with Gasteiger partial charge in [0, 0.05) is 42.6 Å². The third-order valence-electron chi connectivity index (χ3n) is 4.41. The topological polar surface area (TPSA) is 71.0 Å². The minimum atomic E-state index is -0.0124. The number of benzene rings is 1. The molecule has 7 heteroatoms. The van der Waals surface area contributed by atoms with Gasteiger partial charge in [0.2, 0.25) is 0 Å². The highest BCUT2D eigenvalue weighted by Crippen LogP contribution is 2.22. The van der Waals surface area contributed by atoms with E-state index >= 15 is 0 Å². The van der Waals surface area contributed by atoms with Gasteiger partial charge in [0.15, 0.2) is 10.8 Å². The van der Waals surface area contributed by atoms with Gasteiger partial charge in [-0.15, -0.1) is 11.3 Å². The lowest BCUT2D eigenvalue weighted by Gasteiger charge is -2.32. The van der Waals surface area contributed by atoms with E-state index in [9.17, 15) is 4.79 Å². The Labute approximate surface area is 155 Å². The van der Waals surface area contributed by atoms with Gasteiger partial charge in [-0.2, -0.15) is 0 Å². The van der Waals surface area contributed by atoms with Crippen LogP contribution in [0, 0.1) is 0 Å². The van der Waals surface area contributed by atoms with Crippen LogP contribution in [0.1, 0.15) is 23.3 Å². The molecule has 0 aliphatic carbocycles. The Kier molecular flexibility index (Phi) is 4.88. The van der Waals surface area contributed by atoms with Gasteiger partial charge < -0.3 is 10.2 Å². The van der Waals surface area contributed by atoms with Gasteiger partial charge in [0.05, 0.1) is 0 Å². The third kappa shape index (κ3) is 3.72. The molecule has 6 nitrogen and oxygen atoms in total. The van der Waals surface area contributed by atoms with Crippen LogP contribution in [0.2, 0.25) is 0 Å². The summed E-state index contributed by atoms with van der Waals surface area (Å²) in [6.45, 7) is 1.47. The number of nitrogens with zero attached hydrogens (tertiary/aromatic N) is 4. The molecule has 132 valence electrons. The van der Waals surface area contributed by atoms with E-state index < -0.39 is 0 Å². The monoisotopic (exact) mass is 365 g/mol. The molecule has 26 heavy (non-hydrogen) atoms. The summed E-state index contributed by atoms with van der Waals surface area (Å²) < 4.78 is 0. The molecule has 1 saturated heterocycles. The van der Waals surface area contributed by atoms with Crippen LogP contribution in [0.25, 0.3) is 10.8 Å². The lowest BCUT2D eigenvalue weighted by atomic mass is 10.0. The highest BCUT2D eigenvalue weighted by atomic mass is 32.1. The second-order valence-corrected chi connectivity index (χ2v) is 7.05. The van der Waals surface area contributed by atoms with E-state index in [1.807, 2.05) is 23.1 Å². The number of nitrogens with one attached hydrogen (secondary N) is 1. The van der Waals surface area contributed by atoms with E-state index in [0.717, 1.165) is 31.6 Å². The van der Waals surface area contributed by atoms with Crippen LogP contribution in [-0.4, -0.2) is 44.9 Å². The first-order valence-corrected chi connectivity index (χ1v) is 9.51. The lowest BCUT2D eigenvalue weighted by Crippen LogP contribution is -2.42. The van der Waals surface area contributed by atoms with Crippen LogP contribution in [0.5, 0.6) is 0 Å². The van der Waals surface area contributed by atoms with Gasteiger partial charge in [0.1, 0.15) is 5.69 Å². The average Bonchev–Trinajstić information content (AvgIpc) is 3.20. The molecule has 0 bridgehead atoms. The fraction of sp³-hybridized carbons (Fsp3) is 0.263. The number of piperidine rings is 1. The van der Waals surface area contributed by atoms with Gasteiger partial charge in [-0.25, -0.2) is 15.0 Å². The third-order valence-corrected chi connectivity index (χ3v) is 5.25. The van der Waals surface area contributed by atoms with Crippen LogP contribution in [0.4, 0.5) is 5.69 Å². The Morgan fingerprint density at radius 1 is 1.08 bits per heavy atom. The molecule has 3 heterocycles. The lowest BCUT2D eigenvalue weighted by molar-refractivity contribution is 0.0713. The maximum Gasteiger partial charge on any atom is 0.273 e. The summed E-state index contributed by atoms with van der Waals surface area (Å²) in [5, 5.41) is 6.01. The van der Waals surface area contributed by atoms with Crippen molar-refractivity contribution in [2.45, 2.75) is 18.9 Å². The molecular formula is C19H19N5OS. The Balaban J connectivity index is 1.36. The van der Waals surface area contributed by atoms with Crippen molar-refractivity contribution >= 4 is 22.9 Å². The van der Waals surface area contributed by atoms with E-state index in [0.29, 0.717) is 22.6 Å². The average molecular weight is 365 g/mol. The smallest absolute Gasteiger partial charge is 0.273 e. The number of thiazole rings is 1. The van der Waals surface area contributed by atoms with E-state index in [1.54, 1.807) is 23.8 Å². The zero-order valence-corrected chi connectivity index (χ0v) is 15.0. The number of carbonyl (C=O) groups excluding carboxylic acids is 1. The highest BCUT2D eigenvalue weighted by Gasteiger charge is 2.25. The second kappa shape index (κ2) is 7.61. The summed E-state index contributed by atoms with van der Waals surface area (Å²) in [5.74, 6) is 0.545. The van der Waals surface area contributed by atoms with E-state index in [2.05, 4.69) is 32.4 Å². The van der Waals surface area contributed by atoms with Crippen molar-refractivity contribution in [2.75, 3.05) is 18.4 Å². The normalized spacial score (nSPS) is 15.0. The Hall–Kier alpha value is -2.80. The molecule has 0 spiro atoms. The van der Waals surface area contributed by atoms with Crippen molar-refractivity contribution in [3.8, 4) is 10.8 Å². The number of amides is 1. The quantitative estimate of drug-likeness (QED) is 0.768. The number of likely N-dealkylation sites (tertiary alicyclic amines) is 1. The summed E-state index contributed by atoms with van der Waals surface area (Å²) in [6, 6.07) is 12.4.